The number of hydrogen-bond acceptors (Lipinski definition) is 5. The molecule has 0 saturated heterocycles. The molecule has 4 rings (SSSR count). The topological polar surface area (TPSA) is 101 Å². The van der Waals surface area contributed by atoms with Crippen molar-refractivity contribution in [2.75, 3.05) is 11.4 Å². The highest BCUT2D eigenvalue weighted by atomic mass is 32.2. The van der Waals surface area contributed by atoms with Gasteiger partial charge in [0.15, 0.2) is 0 Å². The third kappa shape index (κ3) is 6.54. The van der Waals surface area contributed by atoms with Gasteiger partial charge in [0.05, 0.1) is 17.6 Å². The maximum atomic E-state index is 13.7. The van der Waals surface area contributed by atoms with Crippen molar-refractivity contribution in [1.29, 1.82) is 0 Å². The van der Waals surface area contributed by atoms with Gasteiger partial charge in [-0.05, 0) is 55.7 Å². The summed E-state index contributed by atoms with van der Waals surface area (Å²) in [5.74, 6) is -2.67. The van der Waals surface area contributed by atoms with Gasteiger partial charge in [-0.1, -0.05) is 66.2 Å². The number of amides is 2. The molecule has 1 N–H and O–H groups in total. The minimum atomic E-state index is -4.17. The fourth-order valence-electron chi connectivity index (χ4n) is 4.14. The summed E-state index contributed by atoms with van der Waals surface area (Å²) in [4.78, 5) is 28.6. The van der Waals surface area contributed by atoms with Crippen LogP contribution in [0.3, 0.4) is 0 Å². The molecule has 0 aliphatic heterocycles. The second-order valence-corrected chi connectivity index (χ2v) is 10.7. The average molecular weight is 531 g/mol. The number of nitrogens with one attached hydrogen (secondary N) is 1. The second kappa shape index (κ2) is 11.9. The Labute approximate surface area is 223 Å². The van der Waals surface area contributed by atoms with Crippen molar-refractivity contribution in [3.05, 3.63) is 114 Å². The molecule has 8 nitrogen and oxygen atoms in total. The molecule has 4 aromatic rings. The van der Waals surface area contributed by atoms with E-state index in [0.717, 1.165) is 11.1 Å². The van der Waals surface area contributed by atoms with Crippen molar-refractivity contribution < 1.29 is 18.0 Å². The molecule has 1 unspecified atom stereocenters. The van der Waals surface area contributed by atoms with Crippen LogP contribution in [-0.2, 0) is 32.6 Å². The van der Waals surface area contributed by atoms with Crippen LogP contribution in [0.2, 0.25) is 0 Å². The summed E-state index contributed by atoms with van der Waals surface area (Å²) in [6.45, 7) is 4.48. The van der Waals surface area contributed by atoms with E-state index in [1.54, 1.807) is 60.4 Å². The first-order valence-corrected chi connectivity index (χ1v) is 13.8. The van der Waals surface area contributed by atoms with Gasteiger partial charge >= 0.3 is 0 Å². The number of aryl methyl sites for hydroxylation is 1. The zero-order valence-corrected chi connectivity index (χ0v) is 22.1. The third-order valence-corrected chi connectivity index (χ3v) is 7.51. The average Bonchev–Trinajstić information content (AvgIpc) is 3.35. The van der Waals surface area contributed by atoms with Gasteiger partial charge < -0.3 is 4.90 Å². The van der Waals surface area contributed by atoms with Gasteiger partial charge in [0.1, 0.15) is 5.92 Å². The maximum absolute atomic E-state index is 13.7. The smallest absolute Gasteiger partial charge is 0.264 e. The summed E-state index contributed by atoms with van der Waals surface area (Å²) in [5, 5.41) is 4.38. The van der Waals surface area contributed by atoms with Crippen LogP contribution in [0.5, 0.6) is 0 Å². The van der Waals surface area contributed by atoms with Gasteiger partial charge in [-0.2, -0.15) is 5.10 Å². The van der Waals surface area contributed by atoms with Crippen LogP contribution in [-0.4, -0.2) is 36.6 Å². The van der Waals surface area contributed by atoms with Gasteiger partial charge in [-0.25, -0.2) is 13.1 Å². The Morgan fingerprint density at radius 2 is 1.55 bits per heavy atom. The van der Waals surface area contributed by atoms with Gasteiger partial charge in [-0.3, -0.25) is 14.3 Å². The third-order valence-electron chi connectivity index (χ3n) is 6.14. The van der Waals surface area contributed by atoms with Gasteiger partial charge in [0, 0.05) is 18.4 Å². The Kier molecular flexibility index (Phi) is 8.38. The minimum absolute atomic E-state index is 0.00773. The molecular weight excluding hydrogens is 500 g/mol. The SMILES string of the molecule is CCN(C(=O)C(Cc1cnn(Cc2ccccc2)c1)C(=O)NS(=O)(=O)c1ccc(C)cc1)c1ccccc1. The van der Waals surface area contributed by atoms with E-state index in [1.807, 2.05) is 43.3 Å². The van der Waals surface area contributed by atoms with Crippen molar-refractivity contribution in [3.63, 3.8) is 0 Å². The fraction of sp³-hybridized carbons (Fsp3) is 0.207. The van der Waals surface area contributed by atoms with Crippen LogP contribution >= 0.6 is 0 Å². The molecule has 3 aromatic carbocycles. The van der Waals surface area contributed by atoms with E-state index >= 15 is 0 Å². The zero-order valence-electron chi connectivity index (χ0n) is 21.3. The lowest BCUT2D eigenvalue weighted by Crippen LogP contribution is -2.46. The summed E-state index contributed by atoms with van der Waals surface area (Å²) in [5.41, 5.74) is 3.21. The molecule has 0 radical (unpaired) electrons. The van der Waals surface area contributed by atoms with Crippen LogP contribution in [0.15, 0.2) is 102 Å². The molecule has 0 fully saturated rings. The lowest BCUT2D eigenvalue weighted by Gasteiger charge is -2.26. The predicted octanol–water partition coefficient (Wildman–Crippen LogP) is 3.96. The van der Waals surface area contributed by atoms with E-state index in [2.05, 4.69) is 9.82 Å². The van der Waals surface area contributed by atoms with Crippen LogP contribution in [0.4, 0.5) is 5.69 Å². The van der Waals surface area contributed by atoms with Crippen molar-refractivity contribution in [1.82, 2.24) is 14.5 Å². The molecule has 0 aliphatic carbocycles. The summed E-state index contributed by atoms with van der Waals surface area (Å²) >= 11 is 0. The molecule has 1 heterocycles. The van der Waals surface area contributed by atoms with Gasteiger partial charge in [0.2, 0.25) is 11.8 Å². The predicted molar refractivity (Wildman–Crippen MR) is 146 cm³/mol. The number of rotatable bonds is 10. The Balaban J connectivity index is 1.61. The number of nitrogens with zero attached hydrogens (tertiary/aromatic N) is 3. The van der Waals surface area contributed by atoms with Gasteiger partial charge in [-0.15, -0.1) is 0 Å². The highest BCUT2D eigenvalue weighted by molar-refractivity contribution is 7.90. The summed E-state index contributed by atoms with van der Waals surface area (Å²) < 4.78 is 29.8. The summed E-state index contributed by atoms with van der Waals surface area (Å²) in [6.07, 6.45) is 3.36. The van der Waals surface area contributed by atoms with E-state index in [4.69, 9.17) is 0 Å². The summed E-state index contributed by atoms with van der Waals surface area (Å²) in [6, 6.07) is 24.9. The zero-order chi connectivity index (χ0) is 27.1. The Morgan fingerprint density at radius 3 is 2.18 bits per heavy atom. The highest BCUT2D eigenvalue weighted by Crippen LogP contribution is 2.20. The monoisotopic (exact) mass is 530 g/mol. The first-order valence-electron chi connectivity index (χ1n) is 12.3. The fourth-order valence-corrected chi connectivity index (χ4v) is 5.16. The normalized spacial score (nSPS) is 12.1. The summed E-state index contributed by atoms with van der Waals surface area (Å²) in [7, 11) is -4.17. The molecule has 0 spiro atoms. The number of aromatic nitrogens is 2. The standard InChI is InChI=1S/C29H30N4O4S/c1-3-33(25-12-8-5-9-13-25)29(35)27(28(34)31-38(36,37)26-16-14-22(2)15-17-26)18-24-19-30-32(21-24)20-23-10-6-4-7-11-23/h4-17,19,21,27H,3,18,20H2,1-2H3,(H,31,34). The minimum Gasteiger partial charge on any atom is -0.312 e. The maximum Gasteiger partial charge on any atom is 0.264 e. The Bertz CT molecular complexity index is 1480. The highest BCUT2D eigenvalue weighted by Gasteiger charge is 2.34. The number of sulfonamides is 1. The first-order chi connectivity index (χ1) is 18.3. The molecule has 0 bridgehead atoms. The lowest BCUT2D eigenvalue weighted by molar-refractivity contribution is -0.132. The van der Waals surface area contributed by atoms with Crippen LogP contribution in [0.25, 0.3) is 0 Å². The van der Waals surface area contributed by atoms with Crippen molar-refractivity contribution in [2.24, 2.45) is 5.92 Å². The molecule has 1 aromatic heterocycles. The molecule has 0 saturated carbocycles. The van der Waals surface area contributed by atoms with Crippen LogP contribution < -0.4 is 9.62 Å². The number of carbonyl (C=O) groups excluding carboxylic acids is 2. The first kappa shape index (κ1) is 26.8. The number of benzene rings is 3. The van der Waals surface area contributed by atoms with Crippen molar-refractivity contribution >= 4 is 27.5 Å². The molecule has 0 aliphatic rings. The number of anilines is 1. The van der Waals surface area contributed by atoms with E-state index in [9.17, 15) is 18.0 Å². The molecular formula is C29H30N4O4S. The molecule has 38 heavy (non-hydrogen) atoms. The molecule has 1 atom stereocenters. The lowest BCUT2D eigenvalue weighted by atomic mass is 9.99. The van der Waals surface area contributed by atoms with E-state index in [0.29, 0.717) is 24.3 Å². The number of carbonyl (C=O) groups is 2. The Morgan fingerprint density at radius 1 is 0.921 bits per heavy atom. The Hall–Kier alpha value is -4.24. The molecule has 196 valence electrons. The van der Waals surface area contributed by atoms with E-state index < -0.39 is 27.8 Å². The number of para-hydroxylation sites is 1. The van der Waals surface area contributed by atoms with Crippen molar-refractivity contribution in [3.8, 4) is 0 Å². The van der Waals surface area contributed by atoms with Crippen molar-refractivity contribution in [2.45, 2.75) is 31.7 Å². The largest absolute Gasteiger partial charge is 0.312 e. The van der Waals surface area contributed by atoms with E-state index in [1.165, 1.54) is 17.0 Å². The van der Waals surface area contributed by atoms with E-state index in [-0.39, 0.29) is 11.3 Å². The molecule has 2 amide bonds. The quantitative estimate of drug-likeness (QED) is 0.313. The van der Waals surface area contributed by atoms with Crippen LogP contribution in [0.1, 0.15) is 23.6 Å². The van der Waals surface area contributed by atoms with Gasteiger partial charge in [0.25, 0.3) is 10.0 Å². The second-order valence-electron chi connectivity index (χ2n) is 8.99. The molecule has 9 heteroatoms. The number of hydrogen-bond donors (Lipinski definition) is 1. The van der Waals surface area contributed by atoms with Crippen LogP contribution in [0, 0.1) is 12.8 Å².